The maximum absolute atomic E-state index is 12.3. The molecule has 0 aliphatic rings. The molecule has 0 spiro atoms. The number of carbonyl (C=O) groups is 1. The molecule has 0 aliphatic carbocycles. The van der Waals surface area contributed by atoms with Crippen LogP contribution in [0.25, 0.3) is 0 Å². The standard InChI is InChI=1S/C14H22N2O2/c1-4-11(5-2)10-16(6-3)14(18)12-8-7-9-13(17)15-12/h7-9,11H,4-6,10H2,1-3H3,(H,15,17). The zero-order valence-corrected chi connectivity index (χ0v) is 11.4. The average molecular weight is 250 g/mol. The molecule has 0 bridgehead atoms. The molecule has 4 heteroatoms. The Morgan fingerprint density at radius 2 is 1.94 bits per heavy atom. The average Bonchev–Trinajstić information content (AvgIpc) is 2.39. The van der Waals surface area contributed by atoms with Gasteiger partial charge in [0, 0.05) is 19.2 Å². The van der Waals surface area contributed by atoms with Gasteiger partial charge in [-0.3, -0.25) is 9.59 Å². The molecule has 0 saturated carbocycles. The van der Waals surface area contributed by atoms with Gasteiger partial charge in [0.15, 0.2) is 0 Å². The highest BCUT2D eigenvalue weighted by atomic mass is 16.2. The van der Waals surface area contributed by atoms with Crippen LogP contribution in [0, 0.1) is 5.92 Å². The number of hydrogen-bond acceptors (Lipinski definition) is 2. The molecule has 4 nitrogen and oxygen atoms in total. The van der Waals surface area contributed by atoms with Crippen molar-refractivity contribution < 1.29 is 4.79 Å². The third-order valence-electron chi connectivity index (χ3n) is 3.30. The van der Waals surface area contributed by atoms with Crippen LogP contribution in [-0.4, -0.2) is 28.9 Å². The van der Waals surface area contributed by atoms with Crippen molar-refractivity contribution in [3.05, 3.63) is 34.2 Å². The van der Waals surface area contributed by atoms with E-state index in [1.165, 1.54) is 6.07 Å². The van der Waals surface area contributed by atoms with Crippen molar-refractivity contribution in [2.75, 3.05) is 13.1 Å². The maximum atomic E-state index is 12.3. The lowest BCUT2D eigenvalue weighted by atomic mass is 10.0. The summed E-state index contributed by atoms with van der Waals surface area (Å²) in [6, 6.07) is 4.67. The van der Waals surface area contributed by atoms with Crippen LogP contribution in [0.1, 0.15) is 44.1 Å². The van der Waals surface area contributed by atoms with Crippen LogP contribution < -0.4 is 5.56 Å². The maximum Gasteiger partial charge on any atom is 0.270 e. The summed E-state index contributed by atoms with van der Waals surface area (Å²) < 4.78 is 0. The number of H-pyrrole nitrogens is 1. The Balaban J connectivity index is 2.82. The summed E-state index contributed by atoms with van der Waals surface area (Å²) in [6.07, 6.45) is 2.12. The summed E-state index contributed by atoms with van der Waals surface area (Å²) in [5.74, 6) is 0.423. The van der Waals surface area contributed by atoms with Gasteiger partial charge in [0.1, 0.15) is 5.69 Å². The lowest BCUT2D eigenvalue weighted by molar-refractivity contribution is 0.0728. The number of hydrogen-bond donors (Lipinski definition) is 1. The van der Waals surface area contributed by atoms with Crippen molar-refractivity contribution in [1.29, 1.82) is 0 Å². The molecule has 0 saturated heterocycles. The molecule has 0 aromatic carbocycles. The molecule has 18 heavy (non-hydrogen) atoms. The summed E-state index contributed by atoms with van der Waals surface area (Å²) in [5, 5.41) is 0. The van der Waals surface area contributed by atoms with E-state index in [0.29, 0.717) is 18.2 Å². The Morgan fingerprint density at radius 3 is 2.44 bits per heavy atom. The molecule has 0 radical (unpaired) electrons. The van der Waals surface area contributed by atoms with E-state index in [1.54, 1.807) is 17.0 Å². The van der Waals surface area contributed by atoms with Gasteiger partial charge in [0.25, 0.3) is 5.91 Å². The van der Waals surface area contributed by atoms with E-state index in [1.807, 2.05) is 6.92 Å². The number of pyridine rings is 1. The second-order valence-corrected chi connectivity index (χ2v) is 4.46. The van der Waals surface area contributed by atoms with E-state index in [4.69, 9.17) is 0 Å². The Bertz CT molecular complexity index is 435. The van der Waals surface area contributed by atoms with Gasteiger partial charge >= 0.3 is 0 Å². The Morgan fingerprint density at radius 1 is 1.28 bits per heavy atom. The van der Waals surface area contributed by atoms with E-state index in [2.05, 4.69) is 18.8 Å². The minimum Gasteiger partial charge on any atom is -0.337 e. The van der Waals surface area contributed by atoms with Crippen molar-refractivity contribution in [1.82, 2.24) is 9.88 Å². The van der Waals surface area contributed by atoms with Gasteiger partial charge in [0.05, 0.1) is 0 Å². The number of carbonyl (C=O) groups excluding carboxylic acids is 1. The SMILES string of the molecule is CCC(CC)CN(CC)C(=O)c1cccc(=O)[nH]1. The summed E-state index contributed by atoms with van der Waals surface area (Å²) in [6.45, 7) is 7.64. The van der Waals surface area contributed by atoms with Crippen molar-refractivity contribution in [2.45, 2.75) is 33.6 Å². The smallest absolute Gasteiger partial charge is 0.270 e. The van der Waals surface area contributed by atoms with Crippen molar-refractivity contribution >= 4 is 5.91 Å². The van der Waals surface area contributed by atoms with E-state index >= 15 is 0 Å². The van der Waals surface area contributed by atoms with Crippen LogP contribution >= 0.6 is 0 Å². The minimum absolute atomic E-state index is 0.0953. The molecule has 1 aromatic rings. The van der Waals surface area contributed by atoms with Gasteiger partial charge in [-0.2, -0.15) is 0 Å². The molecule has 100 valence electrons. The van der Waals surface area contributed by atoms with Crippen LogP contribution in [0.5, 0.6) is 0 Å². The first-order chi connectivity index (χ1) is 8.62. The predicted molar refractivity (Wildman–Crippen MR) is 72.7 cm³/mol. The predicted octanol–water partition coefficient (Wildman–Crippen LogP) is 2.27. The van der Waals surface area contributed by atoms with Crippen LogP contribution in [-0.2, 0) is 0 Å². The zero-order valence-electron chi connectivity index (χ0n) is 11.4. The number of aromatic amines is 1. The number of nitrogens with zero attached hydrogens (tertiary/aromatic N) is 1. The summed E-state index contributed by atoms with van der Waals surface area (Å²) in [7, 11) is 0. The van der Waals surface area contributed by atoms with Crippen LogP contribution in [0.15, 0.2) is 23.0 Å². The third-order valence-corrected chi connectivity index (χ3v) is 3.30. The van der Waals surface area contributed by atoms with Crippen LogP contribution in [0.3, 0.4) is 0 Å². The first-order valence-corrected chi connectivity index (χ1v) is 6.60. The molecule has 0 unspecified atom stereocenters. The number of amides is 1. The molecule has 0 aliphatic heterocycles. The van der Waals surface area contributed by atoms with Crippen molar-refractivity contribution in [2.24, 2.45) is 5.92 Å². The molecule has 0 fully saturated rings. The van der Waals surface area contributed by atoms with Crippen LogP contribution in [0.4, 0.5) is 0 Å². The fourth-order valence-corrected chi connectivity index (χ4v) is 1.96. The first-order valence-electron chi connectivity index (χ1n) is 6.60. The quantitative estimate of drug-likeness (QED) is 0.842. The first kappa shape index (κ1) is 14.5. The fourth-order valence-electron chi connectivity index (χ4n) is 1.96. The second kappa shape index (κ2) is 6.99. The lowest BCUT2D eigenvalue weighted by Gasteiger charge is -2.25. The normalized spacial score (nSPS) is 10.7. The third kappa shape index (κ3) is 3.72. The number of aromatic nitrogens is 1. The summed E-state index contributed by atoms with van der Waals surface area (Å²) in [4.78, 5) is 27.8. The summed E-state index contributed by atoms with van der Waals surface area (Å²) in [5.41, 5.74) is 0.134. The summed E-state index contributed by atoms with van der Waals surface area (Å²) >= 11 is 0. The van der Waals surface area contributed by atoms with Gasteiger partial charge in [-0.15, -0.1) is 0 Å². The molecular formula is C14H22N2O2. The Hall–Kier alpha value is -1.58. The number of nitrogens with one attached hydrogen (secondary N) is 1. The minimum atomic E-state index is -0.237. The van der Waals surface area contributed by atoms with Gasteiger partial charge in [0.2, 0.25) is 5.56 Å². The molecule has 1 aromatic heterocycles. The Kier molecular flexibility index (Phi) is 5.62. The molecule has 1 amide bonds. The lowest BCUT2D eigenvalue weighted by Crippen LogP contribution is -2.36. The van der Waals surface area contributed by atoms with Crippen molar-refractivity contribution in [3.8, 4) is 0 Å². The van der Waals surface area contributed by atoms with E-state index < -0.39 is 0 Å². The molecular weight excluding hydrogens is 228 g/mol. The topological polar surface area (TPSA) is 53.2 Å². The van der Waals surface area contributed by atoms with Crippen molar-refractivity contribution in [3.63, 3.8) is 0 Å². The highest BCUT2D eigenvalue weighted by molar-refractivity contribution is 5.92. The molecule has 0 atom stereocenters. The van der Waals surface area contributed by atoms with Gasteiger partial charge in [-0.05, 0) is 18.9 Å². The second-order valence-electron chi connectivity index (χ2n) is 4.46. The van der Waals surface area contributed by atoms with Gasteiger partial charge in [-0.25, -0.2) is 0 Å². The van der Waals surface area contributed by atoms with Gasteiger partial charge in [-0.1, -0.05) is 32.8 Å². The largest absolute Gasteiger partial charge is 0.337 e. The molecule has 1 N–H and O–H groups in total. The van der Waals surface area contributed by atoms with E-state index in [9.17, 15) is 9.59 Å². The highest BCUT2D eigenvalue weighted by Gasteiger charge is 2.17. The van der Waals surface area contributed by atoms with E-state index in [-0.39, 0.29) is 11.5 Å². The molecule has 1 heterocycles. The highest BCUT2D eigenvalue weighted by Crippen LogP contribution is 2.11. The fraction of sp³-hybridized carbons (Fsp3) is 0.571. The molecule has 1 rings (SSSR count). The zero-order chi connectivity index (χ0) is 13.5. The number of rotatable bonds is 6. The van der Waals surface area contributed by atoms with Crippen LogP contribution in [0.2, 0.25) is 0 Å². The Labute approximate surface area is 108 Å². The van der Waals surface area contributed by atoms with E-state index in [0.717, 1.165) is 19.4 Å². The monoisotopic (exact) mass is 250 g/mol. The van der Waals surface area contributed by atoms with Gasteiger partial charge < -0.3 is 9.88 Å².